The lowest BCUT2D eigenvalue weighted by molar-refractivity contribution is -0.137. The summed E-state index contributed by atoms with van der Waals surface area (Å²) < 4.78 is 40.8. The van der Waals surface area contributed by atoms with E-state index in [-0.39, 0.29) is 13.1 Å². The molecule has 1 aliphatic carbocycles. The highest BCUT2D eigenvalue weighted by molar-refractivity contribution is 5.92. The highest BCUT2D eigenvalue weighted by Crippen LogP contribution is 2.44. The Morgan fingerprint density at radius 2 is 2.00 bits per heavy atom. The quantitative estimate of drug-likeness (QED) is 0.794. The van der Waals surface area contributed by atoms with E-state index in [1.807, 2.05) is 0 Å². The van der Waals surface area contributed by atoms with Gasteiger partial charge in [0, 0.05) is 12.0 Å². The van der Waals surface area contributed by atoms with Crippen molar-refractivity contribution in [2.75, 3.05) is 6.54 Å². The van der Waals surface area contributed by atoms with Crippen molar-refractivity contribution in [1.82, 2.24) is 15.1 Å². The number of carbonyl (C=O) groups excluding carboxylic acids is 1. The number of nitrogens with zero attached hydrogens (tertiary/aromatic N) is 2. The molecule has 1 heterocycles. The molecule has 0 radical (unpaired) electrons. The summed E-state index contributed by atoms with van der Waals surface area (Å²) in [4.78, 5) is 24.2. The Hall–Kier alpha value is -2.84. The molecule has 1 aromatic heterocycles. The predicted octanol–water partition coefficient (Wildman–Crippen LogP) is 3.23. The molecule has 29 heavy (non-hydrogen) atoms. The lowest BCUT2D eigenvalue weighted by Crippen LogP contribution is -2.34. The fourth-order valence-corrected chi connectivity index (χ4v) is 3.92. The molecule has 156 valence electrons. The molecule has 6 nitrogen and oxygen atoms in total. The second-order valence-electron chi connectivity index (χ2n) is 7.32. The van der Waals surface area contributed by atoms with Gasteiger partial charge in [-0.2, -0.15) is 18.3 Å². The topological polar surface area (TPSA) is 84.2 Å². The minimum absolute atomic E-state index is 0.147. The molecule has 1 amide bonds. The molecule has 1 aromatic carbocycles. The second kappa shape index (κ2) is 7.88. The van der Waals surface area contributed by atoms with Gasteiger partial charge in [-0.3, -0.25) is 14.3 Å². The Balaban J connectivity index is 2.02. The summed E-state index contributed by atoms with van der Waals surface area (Å²) in [6.45, 7) is 2.11. The number of aromatic hydroxyl groups is 1. The van der Waals surface area contributed by atoms with Gasteiger partial charge in [0.05, 0.1) is 18.3 Å². The van der Waals surface area contributed by atoms with E-state index in [2.05, 4.69) is 10.4 Å². The fraction of sp³-hybridized carbons (Fsp3) is 0.450. The third-order valence-corrected chi connectivity index (χ3v) is 5.33. The molecular formula is C20H22F3N3O3. The van der Waals surface area contributed by atoms with Crippen molar-refractivity contribution in [2.24, 2.45) is 0 Å². The molecule has 1 fully saturated rings. The number of rotatable bonds is 5. The first-order chi connectivity index (χ1) is 13.7. The van der Waals surface area contributed by atoms with E-state index >= 15 is 0 Å². The first-order valence-corrected chi connectivity index (χ1v) is 9.43. The van der Waals surface area contributed by atoms with E-state index in [1.165, 1.54) is 10.7 Å². The normalized spacial score (nSPS) is 16.0. The number of alkyl halides is 3. The molecule has 0 spiro atoms. The van der Waals surface area contributed by atoms with Crippen LogP contribution in [0.15, 0.2) is 35.3 Å². The van der Waals surface area contributed by atoms with Gasteiger partial charge >= 0.3 is 6.18 Å². The van der Waals surface area contributed by atoms with Crippen molar-refractivity contribution in [3.05, 3.63) is 57.5 Å². The van der Waals surface area contributed by atoms with Crippen LogP contribution in [0.1, 0.15) is 54.2 Å². The number of benzene rings is 1. The van der Waals surface area contributed by atoms with Crippen LogP contribution in [0, 0.1) is 0 Å². The van der Waals surface area contributed by atoms with E-state index in [0.29, 0.717) is 18.4 Å². The first-order valence-electron chi connectivity index (χ1n) is 9.43. The Bertz CT molecular complexity index is 963. The molecule has 0 atom stereocenters. The molecular weight excluding hydrogens is 387 g/mol. The summed E-state index contributed by atoms with van der Waals surface area (Å²) in [7, 11) is 0. The molecule has 3 rings (SSSR count). The number of aromatic nitrogens is 2. The number of amides is 1. The monoisotopic (exact) mass is 409 g/mol. The summed E-state index contributed by atoms with van der Waals surface area (Å²) in [5, 5.41) is 16.5. The summed E-state index contributed by atoms with van der Waals surface area (Å²) in [5.41, 5.74) is -2.14. The summed E-state index contributed by atoms with van der Waals surface area (Å²) in [6.07, 6.45) is -0.371. The Morgan fingerprint density at radius 3 is 2.62 bits per heavy atom. The smallest absolute Gasteiger partial charge is 0.416 e. The number of carbonyl (C=O) groups is 1. The van der Waals surface area contributed by atoms with Gasteiger partial charge in [0.25, 0.3) is 11.3 Å². The maximum absolute atomic E-state index is 13.2. The van der Waals surface area contributed by atoms with E-state index in [0.717, 1.165) is 31.2 Å². The third kappa shape index (κ3) is 4.28. The van der Waals surface area contributed by atoms with Crippen LogP contribution >= 0.6 is 0 Å². The largest absolute Gasteiger partial charge is 0.503 e. The number of hydrogen-bond donors (Lipinski definition) is 2. The lowest BCUT2D eigenvalue weighted by atomic mass is 9.78. The van der Waals surface area contributed by atoms with Crippen LogP contribution in [0.25, 0.3) is 0 Å². The van der Waals surface area contributed by atoms with E-state index in [1.54, 1.807) is 13.0 Å². The minimum Gasteiger partial charge on any atom is -0.503 e. The Kier molecular flexibility index (Phi) is 5.68. The van der Waals surface area contributed by atoms with E-state index < -0.39 is 39.9 Å². The molecule has 2 N–H and O–H groups in total. The summed E-state index contributed by atoms with van der Waals surface area (Å²) in [5.74, 6) is -1.33. The van der Waals surface area contributed by atoms with Gasteiger partial charge in [-0.25, -0.2) is 0 Å². The van der Waals surface area contributed by atoms with Crippen LogP contribution in [0.2, 0.25) is 0 Å². The fourth-order valence-electron chi connectivity index (χ4n) is 3.92. The van der Waals surface area contributed by atoms with Crippen molar-refractivity contribution in [3.63, 3.8) is 0 Å². The third-order valence-electron chi connectivity index (χ3n) is 5.33. The lowest BCUT2D eigenvalue weighted by Gasteiger charge is -2.31. The Labute approximate surface area is 165 Å². The molecule has 0 aliphatic heterocycles. The highest BCUT2D eigenvalue weighted by atomic mass is 19.4. The molecule has 9 heteroatoms. The van der Waals surface area contributed by atoms with Gasteiger partial charge in [-0.05, 0) is 31.4 Å². The first kappa shape index (κ1) is 20.9. The van der Waals surface area contributed by atoms with E-state index in [4.69, 9.17) is 0 Å². The predicted molar refractivity (Wildman–Crippen MR) is 99.8 cm³/mol. The van der Waals surface area contributed by atoms with Gasteiger partial charge in [0.1, 0.15) is 0 Å². The molecule has 0 saturated heterocycles. The van der Waals surface area contributed by atoms with E-state index in [9.17, 15) is 27.9 Å². The highest BCUT2D eigenvalue weighted by Gasteiger charge is 2.39. The molecule has 0 unspecified atom stereocenters. The molecule has 0 bridgehead atoms. The zero-order valence-corrected chi connectivity index (χ0v) is 15.9. The standard InChI is InChI=1S/C20H22F3N3O3/c1-2-24-18(29)16-17(28)15(27)11-26(25-16)12-19(8-3-4-9-19)13-6-5-7-14(10-13)20(21,22)23/h5-7,10-11,27H,2-4,8-9,12H2,1H3,(H,24,29). The maximum atomic E-state index is 13.2. The molecule has 1 aliphatic rings. The summed E-state index contributed by atoms with van der Waals surface area (Å²) >= 11 is 0. The van der Waals surface area contributed by atoms with Crippen LogP contribution in [0.4, 0.5) is 13.2 Å². The van der Waals surface area contributed by atoms with Gasteiger partial charge in [-0.1, -0.05) is 31.0 Å². The number of hydrogen-bond acceptors (Lipinski definition) is 4. The van der Waals surface area contributed by atoms with Gasteiger partial charge < -0.3 is 10.4 Å². The zero-order valence-electron chi connectivity index (χ0n) is 15.9. The number of halogens is 3. The van der Waals surface area contributed by atoms with Crippen molar-refractivity contribution in [1.29, 1.82) is 0 Å². The van der Waals surface area contributed by atoms with Crippen LogP contribution in [0.3, 0.4) is 0 Å². The zero-order chi connectivity index (χ0) is 21.2. The van der Waals surface area contributed by atoms with Crippen molar-refractivity contribution < 1.29 is 23.1 Å². The molecule has 1 saturated carbocycles. The van der Waals surface area contributed by atoms with Gasteiger partial charge in [-0.15, -0.1) is 0 Å². The van der Waals surface area contributed by atoms with Crippen LogP contribution < -0.4 is 10.7 Å². The average Bonchev–Trinajstić information content (AvgIpc) is 3.14. The van der Waals surface area contributed by atoms with Crippen LogP contribution in [0.5, 0.6) is 5.75 Å². The molecule has 2 aromatic rings. The van der Waals surface area contributed by atoms with Crippen LogP contribution in [-0.2, 0) is 18.1 Å². The second-order valence-corrected chi connectivity index (χ2v) is 7.32. The average molecular weight is 409 g/mol. The number of nitrogens with one attached hydrogen (secondary N) is 1. The SMILES string of the molecule is CCNC(=O)c1nn(CC2(c3cccc(C(F)(F)F)c3)CCCC2)cc(O)c1=O. The maximum Gasteiger partial charge on any atom is 0.416 e. The van der Waals surface area contributed by atoms with Crippen molar-refractivity contribution in [2.45, 2.75) is 50.7 Å². The van der Waals surface area contributed by atoms with Gasteiger partial charge in [0.2, 0.25) is 0 Å². The van der Waals surface area contributed by atoms with Gasteiger partial charge in [0.15, 0.2) is 11.4 Å². The Morgan fingerprint density at radius 1 is 1.31 bits per heavy atom. The van der Waals surface area contributed by atoms with Crippen LogP contribution in [-0.4, -0.2) is 27.3 Å². The summed E-state index contributed by atoms with van der Waals surface area (Å²) in [6, 6.07) is 5.23. The van der Waals surface area contributed by atoms with Crippen molar-refractivity contribution >= 4 is 5.91 Å². The minimum atomic E-state index is -4.45. The van der Waals surface area contributed by atoms with Crippen molar-refractivity contribution in [3.8, 4) is 5.75 Å².